The van der Waals surface area contributed by atoms with Crippen LogP contribution in [0.25, 0.3) is 0 Å². The number of likely N-dealkylation sites (tertiary alicyclic amines) is 1. The van der Waals surface area contributed by atoms with Gasteiger partial charge in [-0.05, 0) is 5.56 Å². The van der Waals surface area contributed by atoms with E-state index in [4.69, 9.17) is 10.5 Å². The SMILES string of the molecule is NC1C2COC1CN(Cc1ccccc1)C2. The lowest BCUT2D eigenvalue weighted by molar-refractivity contribution is 0.0706. The third-order valence-corrected chi connectivity index (χ3v) is 3.68. The first kappa shape index (κ1) is 10.3. The molecule has 2 saturated heterocycles. The van der Waals surface area contributed by atoms with Gasteiger partial charge in [-0.15, -0.1) is 0 Å². The molecule has 0 spiro atoms. The largest absolute Gasteiger partial charge is 0.375 e. The molecule has 0 saturated carbocycles. The summed E-state index contributed by atoms with van der Waals surface area (Å²) in [6.45, 7) is 3.92. The molecule has 0 radical (unpaired) electrons. The van der Waals surface area contributed by atoms with Crippen LogP contribution in [0, 0.1) is 5.92 Å². The van der Waals surface area contributed by atoms with Crippen LogP contribution in [0.3, 0.4) is 0 Å². The summed E-state index contributed by atoms with van der Waals surface area (Å²) in [5, 5.41) is 0. The van der Waals surface area contributed by atoms with Gasteiger partial charge >= 0.3 is 0 Å². The first-order valence-corrected chi connectivity index (χ1v) is 5.96. The van der Waals surface area contributed by atoms with Gasteiger partial charge in [0.05, 0.1) is 12.7 Å². The van der Waals surface area contributed by atoms with Crippen molar-refractivity contribution in [1.29, 1.82) is 0 Å². The number of ether oxygens (including phenoxy) is 1. The highest BCUT2D eigenvalue weighted by Gasteiger charge is 2.40. The van der Waals surface area contributed by atoms with Gasteiger partial charge in [0.2, 0.25) is 0 Å². The Morgan fingerprint density at radius 3 is 2.81 bits per heavy atom. The molecule has 1 aromatic carbocycles. The lowest BCUT2D eigenvalue weighted by Crippen LogP contribution is -2.51. The summed E-state index contributed by atoms with van der Waals surface area (Å²) >= 11 is 0. The van der Waals surface area contributed by atoms with Crippen LogP contribution in [0.4, 0.5) is 0 Å². The molecule has 16 heavy (non-hydrogen) atoms. The molecule has 0 amide bonds. The van der Waals surface area contributed by atoms with E-state index < -0.39 is 0 Å². The minimum atomic E-state index is 0.252. The van der Waals surface area contributed by atoms with E-state index in [9.17, 15) is 0 Å². The number of nitrogens with two attached hydrogens (primary N) is 1. The second kappa shape index (κ2) is 4.17. The predicted molar refractivity (Wildman–Crippen MR) is 62.9 cm³/mol. The molecule has 86 valence electrons. The highest BCUT2D eigenvalue weighted by atomic mass is 16.5. The van der Waals surface area contributed by atoms with Gasteiger partial charge in [-0.3, -0.25) is 4.90 Å². The minimum absolute atomic E-state index is 0.252. The maximum atomic E-state index is 6.09. The van der Waals surface area contributed by atoms with Crippen LogP contribution in [0.2, 0.25) is 0 Å². The summed E-state index contributed by atoms with van der Waals surface area (Å²) < 4.78 is 5.69. The number of hydrogen-bond donors (Lipinski definition) is 1. The number of rotatable bonds is 2. The number of benzene rings is 1. The maximum Gasteiger partial charge on any atom is 0.0856 e. The Kier molecular flexibility index (Phi) is 2.67. The topological polar surface area (TPSA) is 38.5 Å². The first-order valence-electron chi connectivity index (χ1n) is 5.96. The molecular formula is C13H18N2O. The van der Waals surface area contributed by atoms with Crippen molar-refractivity contribution in [2.75, 3.05) is 19.7 Å². The zero-order valence-corrected chi connectivity index (χ0v) is 9.38. The van der Waals surface area contributed by atoms with Crippen molar-refractivity contribution in [2.24, 2.45) is 11.7 Å². The van der Waals surface area contributed by atoms with Crippen molar-refractivity contribution in [1.82, 2.24) is 4.90 Å². The zero-order chi connectivity index (χ0) is 11.0. The van der Waals surface area contributed by atoms with Gasteiger partial charge in [0, 0.05) is 31.6 Å². The molecule has 3 rings (SSSR count). The van der Waals surface area contributed by atoms with Gasteiger partial charge in [-0.2, -0.15) is 0 Å². The van der Waals surface area contributed by atoms with E-state index in [2.05, 4.69) is 35.2 Å². The van der Waals surface area contributed by atoms with E-state index in [0.29, 0.717) is 5.92 Å². The lowest BCUT2D eigenvalue weighted by Gasteiger charge is -2.34. The van der Waals surface area contributed by atoms with Crippen LogP contribution in [-0.2, 0) is 11.3 Å². The van der Waals surface area contributed by atoms with Crippen molar-refractivity contribution in [3.8, 4) is 0 Å². The molecule has 2 bridgehead atoms. The molecule has 2 aliphatic rings. The van der Waals surface area contributed by atoms with E-state index in [1.807, 2.05) is 0 Å². The van der Waals surface area contributed by atoms with Gasteiger partial charge in [-0.1, -0.05) is 30.3 Å². The van der Waals surface area contributed by atoms with Crippen LogP contribution in [0.1, 0.15) is 5.56 Å². The van der Waals surface area contributed by atoms with Crippen molar-refractivity contribution in [3.05, 3.63) is 35.9 Å². The normalized spacial score (nSPS) is 34.2. The molecule has 3 nitrogen and oxygen atoms in total. The van der Waals surface area contributed by atoms with Crippen LogP contribution < -0.4 is 5.73 Å². The molecule has 2 aliphatic heterocycles. The highest BCUT2D eigenvalue weighted by molar-refractivity contribution is 5.15. The Bertz CT molecular complexity index is 340. The van der Waals surface area contributed by atoms with Crippen LogP contribution in [-0.4, -0.2) is 36.7 Å². The van der Waals surface area contributed by atoms with Gasteiger partial charge in [-0.25, -0.2) is 0 Å². The second-order valence-electron chi connectivity index (χ2n) is 4.89. The average molecular weight is 218 g/mol. The summed E-state index contributed by atoms with van der Waals surface area (Å²) in [6, 6.07) is 10.9. The monoisotopic (exact) mass is 218 g/mol. The van der Waals surface area contributed by atoms with Gasteiger partial charge in [0.1, 0.15) is 0 Å². The van der Waals surface area contributed by atoms with Crippen molar-refractivity contribution in [2.45, 2.75) is 18.7 Å². The number of piperidine rings is 1. The Morgan fingerprint density at radius 1 is 1.25 bits per heavy atom. The fourth-order valence-corrected chi connectivity index (χ4v) is 2.75. The minimum Gasteiger partial charge on any atom is -0.375 e. The first-order chi connectivity index (χ1) is 7.83. The Labute approximate surface area is 96.2 Å². The average Bonchev–Trinajstić information content (AvgIpc) is 2.54. The van der Waals surface area contributed by atoms with Crippen molar-refractivity contribution >= 4 is 0 Å². The van der Waals surface area contributed by atoms with Crippen molar-refractivity contribution < 1.29 is 4.74 Å². The fourth-order valence-electron chi connectivity index (χ4n) is 2.75. The third-order valence-electron chi connectivity index (χ3n) is 3.68. The quantitative estimate of drug-likeness (QED) is 0.799. The molecule has 2 heterocycles. The molecule has 2 fully saturated rings. The Hall–Kier alpha value is -0.900. The smallest absolute Gasteiger partial charge is 0.0856 e. The van der Waals surface area contributed by atoms with Gasteiger partial charge in [0.25, 0.3) is 0 Å². The zero-order valence-electron chi connectivity index (χ0n) is 9.38. The summed E-state index contributed by atoms with van der Waals surface area (Å²) in [7, 11) is 0. The molecule has 1 aromatic rings. The molecule has 0 aliphatic carbocycles. The number of nitrogens with zero attached hydrogens (tertiary/aromatic N) is 1. The van der Waals surface area contributed by atoms with Gasteiger partial charge < -0.3 is 10.5 Å². The van der Waals surface area contributed by atoms with E-state index in [0.717, 1.165) is 26.2 Å². The summed E-state index contributed by atoms with van der Waals surface area (Å²) in [4.78, 5) is 2.46. The molecule has 3 heteroatoms. The summed E-state index contributed by atoms with van der Waals surface area (Å²) in [5.74, 6) is 0.530. The Balaban J connectivity index is 1.66. The molecule has 2 N–H and O–H groups in total. The van der Waals surface area contributed by atoms with Crippen LogP contribution >= 0.6 is 0 Å². The van der Waals surface area contributed by atoms with Gasteiger partial charge in [0.15, 0.2) is 0 Å². The van der Waals surface area contributed by atoms with E-state index in [1.165, 1.54) is 5.56 Å². The standard InChI is InChI=1S/C13H18N2O/c14-13-11-7-15(8-12(13)16-9-11)6-10-4-2-1-3-5-10/h1-5,11-13H,6-9,14H2. The molecule has 3 unspecified atom stereocenters. The lowest BCUT2D eigenvalue weighted by atomic mass is 9.94. The van der Waals surface area contributed by atoms with Crippen LogP contribution in [0.5, 0.6) is 0 Å². The molecular weight excluding hydrogens is 200 g/mol. The molecule has 3 atom stereocenters. The predicted octanol–water partition coefficient (Wildman–Crippen LogP) is 0.844. The number of fused-ring (bicyclic) bond motifs is 2. The molecule has 0 aromatic heterocycles. The summed E-state index contributed by atoms with van der Waals surface area (Å²) in [5.41, 5.74) is 7.46. The van der Waals surface area contributed by atoms with E-state index in [1.54, 1.807) is 0 Å². The van der Waals surface area contributed by atoms with E-state index >= 15 is 0 Å². The van der Waals surface area contributed by atoms with Crippen LogP contribution in [0.15, 0.2) is 30.3 Å². The second-order valence-corrected chi connectivity index (χ2v) is 4.89. The van der Waals surface area contributed by atoms with E-state index in [-0.39, 0.29) is 12.1 Å². The van der Waals surface area contributed by atoms with Crippen molar-refractivity contribution in [3.63, 3.8) is 0 Å². The fraction of sp³-hybridized carbons (Fsp3) is 0.538. The number of hydrogen-bond acceptors (Lipinski definition) is 3. The highest BCUT2D eigenvalue weighted by Crippen LogP contribution is 2.26. The third kappa shape index (κ3) is 1.86. The summed E-state index contributed by atoms with van der Waals surface area (Å²) in [6.07, 6.45) is 0.252. The Morgan fingerprint density at radius 2 is 2.06 bits per heavy atom. The maximum absolute atomic E-state index is 6.09.